The van der Waals surface area contributed by atoms with Crippen LogP contribution in [0.15, 0.2) is 22.7 Å². The van der Waals surface area contributed by atoms with E-state index in [1.165, 1.54) is 11.3 Å². The van der Waals surface area contributed by atoms with Crippen molar-refractivity contribution in [3.05, 3.63) is 27.0 Å². The van der Waals surface area contributed by atoms with Crippen molar-refractivity contribution < 1.29 is 5.11 Å². The van der Waals surface area contributed by atoms with E-state index in [-0.39, 0.29) is 5.75 Å². The summed E-state index contributed by atoms with van der Waals surface area (Å²) in [6.45, 7) is 0. The van der Waals surface area contributed by atoms with Gasteiger partial charge in [-0.1, -0.05) is 27.5 Å². The van der Waals surface area contributed by atoms with Crippen molar-refractivity contribution in [3.63, 3.8) is 0 Å². The van der Waals surface area contributed by atoms with Crippen LogP contribution in [0.1, 0.15) is 0 Å². The second-order valence-corrected chi connectivity index (χ2v) is 4.90. The van der Waals surface area contributed by atoms with Crippen LogP contribution in [-0.4, -0.2) is 5.11 Å². The van der Waals surface area contributed by atoms with Crippen molar-refractivity contribution in [3.8, 4) is 5.75 Å². The summed E-state index contributed by atoms with van der Waals surface area (Å²) in [7, 11) is 0. The molecule has 0 bridgehead atoms. The highest BCUT2D eigenvalue weighted by Gasteiger charge is 2.06. The molecule has 2 aromatic rings. The molecule has 0 amide bonds. The lowest BCUT2D eigenvalue weighted by Crippen LogP contribution is -1.67. The lowest BCUT2D eigenvalue weighted by atomic mass is 10.2. The molecule has 0 aliphatic carbocycles. The summed E-state index contributed by atoms with van der Waals surface area (Å²) < 4.78 is 2.47. The van der Waals surface area contributed by atoms with Crippen LogP contribution in [0.5, 0.6) is 5.75 Å². The molecule has 62 valence electrons. The topological polar surface area (TPSA) is 20.2 Å². The third-order valence-corrected chi connectivity index (χ3v) is 3.56. The first kappa shape index (κ1) is 8.35. The highest BCUT2D eigenvalue weighted by Crippen LogP contribution is 2.39. The fraction of sp³-hybridized carbons (Fsp3) is 0. The van der Waals surface area contributed by atoms with Gasteiger partial charge in [0.2, 0.25) is 0 Å². The number of hydrogen-bond donors (Lipinski definition) is 1. The maximum atomic E-state index is 9.44. The number of aromatic hydroxyl groups is 1. The summed E-state index contributed by atoms with van der Waals surface area (Å²) in [5, 5.41) is 10.4. The van der Waals surface area contributed by atoms with Crippen molar-refractivity contribution >= 4 is 49.0 Å². The van der Waals surface area contributed by atoms with E-state index < -0.39 is 0 Å². The molecule has 12 heavy (non-hydrogen) atoms. The molecular formula is C8H4BrClOS. The van der Waals surface area contributed by atoms with E-state index in [9.17, 15) is 5.11 Å². The van der Waals surface area contributed by atoms with Gasteiger partial charge in [-0.15, -0.1) is 11.3 Å². The Morgan fingerprint density at radius 2 is 2.17 bits per heavy atom. The number of benzene rings is 1. The summed E-state index contributed by atoms with van der Waals surface area (Å²) >= 11 is 10.6. The molecule has 2 rings (SSSR count). The molecule has 0 unspecified atom stereocenters. The average Bonchev–Trinajstić information content (AvgIpc) is 2.41. The second-order valence-electron chi connectivity index (χ2n) is 2.36. The van der Waals surface area contributed by atoms with Crippen molar-refractivity contribution in [1.82, 2.24) is 0 Å². The molecule has 4 heteroatoms. The SMILES string of the molecule is Oc1ccc(Br)c2cc(Cl)sc12. The van der Waals surface area contributed by atoms with Crippen molar-refractivity contribution in [2.45, 2.75) is 0 Å². The van der Waals surface area contributed by atoms with Crippen LogP contribution < -0.4 is 0 Å². The Morgan fingerprint density at radius 1 is 1.42 bits per heavy atom. The smallest absolute Gasteiger partial charge is 0.133 e. The third-order valence-electron chi connectivity index (χ3n) is 1.58. The number of halogens is 2. The van der Waals surface area contributed by atoms with E-state index in [1.54, 1.807) is 12.1 Å². The quantitative estimate of drug-likeness (QED) is 0.761. The molecule has 0 aliphatic heterocycles. The summed E-state index contributed by atoms with van der Waals surface area (Å²) in [5.74, 6) is 0.283. The summed E-state index contributed by atoms with van der Waals surface area (Å²) in [6, 6.07) is 5.30. The molecule has 0 saturated heterocycles. The number of phenols is 1. The van der Waals surface area contributed by atoms with E-state index in [2.05, 4.69) is 15.9 Å². The second kappa shape index (κ2) is 2.91. The number of rotatable bonds is 0. The van der Waals surface area contributed by atoms with Crippen LogP contribution in [0.2, 0.25) is 4.34 Å². The highest BCUT2D eigenvalue weighted by atomic mass is 79.9. The van der Waals surface area contributed by atoms with Gasteiger partial charge in [0, 0.05) is 9.86 Å². The van der Waals surface area contributed by atoms with Crippen molar-refractivity contribution in [2.75, 3.05) is 0 Å². The highest BCUT2D eigenvalue weighted by molar-refractivity contribution is 9.10. The molecule has 0 aliphatic rings. The Kier molecular flexibility index (Phi) is 2.02. The molecular weight excluding hydrogens is 260 g/mol. The van der Waals surface area contributed by atoms with Gasteiger partial charge in [0.05, 0.1) is 9.04 Å². The predicted octanol–water partition coefficient (Wildman–Crippen LogP) is 4.02. The first-order valence-corrected chi connectivity index (χ1v) is 5.24. The molecule has 0 fully saturated rings. The maximum Gasteiger partial charge on any atom is 0.133 e. The molecule has 1 aromatic carbocycles. The van der Waals surface area contributed by atoms with Crippen LogP contribution in [0, 0.1) is 0 Å². The first-order valence-electron chi connectivity index (χ1n) is 3.25. The molecule has 1 aromatic heterocycles. The van der Waals surface area contributed by atoms with Gasteiger partial charge in [0.25, 0.3) is 0 Å². The number of phenolic OH excluding ortho intramolecular Hbond substituents is 1. The average molecular weight is 264 g/mol. The summed E-state index contributed by atoms with van der Waals surface area (Å²) in [5.41, 5.74) is 0. The minimum atomic E-state index is 0.283. The molecule has 1 nitrogen and oxygen atoms in total. The van der Waals surface area contributed by atoms with Crippen LogP contribution in [0.4, 0.5) is 0 Å². The van der Waals surface area contributed by atoms with Crippen LogP contribution >= 0.6 is 38.9 Å². The van der Waals surface area contributed by atoms with Crippen LogP contribution in [-0.2, 0) is 0 Å². The first-order chi connectivity index (χ1) is 5.68. The molecule has 1 N–H and O–H groups in total. The molecule has 0 radical (unpaired) electrons. The van der Waals surface area contributed by atoms with Crippen molar-refractivity contribution in [2.24, 2.45) is 0 Å². The summed E-state index contributed by atoms with van der Waals surface area (Å²) in [6.07, 6.45) is 0. The van der Waals surface area contributed by atoms with Gasteiger partial charge in [0.15, 0.2) is 0 Å². The fourth-order valence-electron chi connectivity index (χ4n) is 1.05. The van der Waals surface area contributed by atoms with Crippen LogP contribution in [0.3, 0.4) is 0 Å². The zero-order valence-electron chi connectivity index (χ0n) is 5.84. The summed E-state index contributed by atoms with van der Waals surface area (Å²) in [4.78, 5) is 0. The van der Waals surface area contributed by atoms with Gasteiger partial charge in [-0.05, 0) is 18.2 Å². The standard InChI is InChI=1S/C8H4BrClOS/c9-5-1-2-6(11)8-4(5)3-7(10)12-8/h1-3,11H. The molecule has 0 spiro atoms. The minimum absolute atomic E-state index is 0.283. The monoisotopic (exact) mass is 262 g/mol. The number of hydrogen-bond acceptors (Lipinski definition) is 2. The molecule has 0 saturated carbocycles. The molecule has 1 heterocycles. The van der Waals surface area contributed by atoms with E-state index >= 15 is 0 Å². The molecule has 0 atom stereocenters. The lowest BCUT2D eigenvalue weighted by molar-refractivity contribution is 0.482. The normalized spacial score (nSPS) is 10.8. The Labute approximate surface area is 86.7 Å². The Hall–Kier alpha value is -0.250. The van der Waals surface area contributed by atoms with Gasteiger partial charge in [-0.25, -0.2) is 0 Å². The maximum absolute atomic E-state index is 9.44. The minimum Gasteiger partial charge on any atom is -0.506 e. The largest absolute Gasteiger partial charge is 0.506 e. The van der Waals surface area contributed by atoms with E-state index in [0.717, 1.165) is 14.6 Å². The van der Waals surface area contributed by atoms with Crippen LogP contribution in [0.25, 0.3) is 10.1 Å². The number of fused-ring (bicyclic) bond motifs is 1. The van der Waals surface area contributed by atoms with Gasteiger partial charge in [0.1, 0.15) is 5.75 Å². The predicted molar refractivity (Wildman–Crippen MR) is 56.2 cm³/mol. The zero-order chi connectivity index (χ0) is 8.72. The third kappa shape index (κ3) is 1.22. The van der Waals surface area contributed by atoms with Gasteiger partial charge in [-0.3, -0.25) is 0 Å². The Bertz CT molecular complexity index is 399. The van der Waals surface area contributed by atoms with E-state index in [0.29, 0.717) is 4.34 Å². The van der Waals surface area contributed by atoms with Gasteiger partial charge >= 0.3 is 0 Å². The number of thiophene rings is 1. The lowest BCUT2D eigenvalue weighted by Gasteiger charge is -1.95. The van der Waals surface area contributed by atoms with Crippen molar-refractivity contribution in [1.29, 1.82) is 0 Å². The van der Waals surface area contributed by atoms with E-state index in [4.69, 9.17) is 11.6 Å². The van der Waals surface area contributed by atoms with Gasteiger partial charge < -0.3 is 5.11 Å². The Morgan fingerprint density at radius 3 is 2.83 bits per heavy atom. The zero-order valence-corrected chi connectivity index (χ0v) is 9.00. The van der Waals surface area contributed by atoms with Gasteiger partial charge in [-0.2, -0.15) is 0 Å². The van der Waals surface area contributed by atoms with E-state index in [1.807, 2.05) is 6.07 Å². The fourth-order valence-corrected chi connectivity index (χ4v) is 2.79. The Balaban J connectivity index is 2.93.